The van der Waals surface area contributed by atoms with Gasteiger partial charge < -0.3 is 19.3 Å². The first-order valence-electron chi connectivity index (χ1n) is 9.58. The van der Waals surface area contributed by atoms with Crippen LogP contribution in [0.5, 0.6) is 28.7 Å². The lowest BCUT2D eigenvalue weighted by Crippen LogP contribution is -1.98. The number of para-hydroxylation sites is 1. The molecule has 0 aliphatic rings. The molecule has 0 saturated carbocycles. The third kappa shape index (κ3) is 5.20. The Morgan fingerprint density at radius 1 is 0.933 bits per heavy atom. The number of carbonyl (C=O) groups excluding carboxylic acids is 1. The van der Waals surface area contributed by atoms with Crippen molar-refractivity contribution in [2.75, 3.05) is 14.2 Å². The van der Waals surface area contributed by atoms with E-state index in [1.54, 1.807) is 24.3 Å². The summed E-state index contributed by atoms with van der Waals surface area (Å²) in [6.07, 6.45) is 4.21. The summed E-state index contributed by atoms with van der Waals surface area (Å²) >= 11 is 0. The smallest absolute Gasteiger partial charge is 0.208 e. The van der Waals surface area contributed by atoms with Crippen molar-refractivity contribution in [2.24, 2.45) is 0 Å². The Morgan fingerprint density at radius 2 is 1.60 bits per heavy atom. The number of carbonyl (C=O) groups is 1. The summed E-state index contributed by atoms with van der Waals surface area (Å²) in [4.78, 5) is 12.4. The standard InChI is InChI=1S/C25H24O5/c1-28-22-17-19(14-16-20(26)15-13-18-9-5-3-6-10-18)24(25(29-2)23(22)27)30-21-11-7-4-8-12-21/h3-12,14,16-17,27H,13,15H2,1-2H3. The van der Waals surface area contributed by atoms with E-state index in [-0.39, 0.29) is 23.0 Å². The van der Waals surface area contributed by atoms with E-state index in [1.165, 1.54) is 20.3 Å². The second-order valence-electron chi connectivity index (χ2n) is 6.58. The monoisotopic (exact) mass is 404 g/mol. The minimum absolute atomic E-state index is 0.0180. The lowest BCUT2D eigenvalue weighted by Gasteiger charge is -2.16. The van der Waals surface area contributed by atoms with Crippen LogP contribution in [-0.4, -0.2) is 25.1 Å². The zero-order valence-electron chi connectivity index (χ0n) is 17.0. The Labute approximate surface area is 176 Å². The number of aryl methyl sites for hydroxylation is 1. The first-order chi connectivity index (χ1) is 14.6. The summed E-state index contributed by atoms with van der Waals surface area (Å²) in [5.41, 5.74) is 1.67. The van der Waals surface area contributed by atoms with Gasteiger partial charge in [0.05, 0.1) is 14.2 Å². The van der Waals surface area contributed by atoms with Crippen LogP contribution >= 0.6 is 0 Å². The first kappa shape index (κ1) is 21.0. The third-order valence-corrected chi connectivity index (χ3v) is 4.54. The van der Waals surface area contributed by atoms with Crippen LogP contribution in [0.3, 0.4) is 0 Å². The van der Waals surface area contributed by atoms with Gasteiger partial charge in [0, 0.05) is 12.0 Å². The molecule has 0 spiro atoms. The molecule has 0 fully saturated rings. The van der Waals surface area contributed by atoms with Gasteiger partial charge in [-0.3, -0.25) is 4.79 Å². The maximum Gasteiger partial charge on any atom is 0.208 e. The number of hydrogen-bond acceptors (Lipinski definition) is 5. The highest BCUT2D eigenvalue weighted by atomic mass is 16.5. The number of hydrogen-bond donors (Lipinski definition) is 1. The molecule has 5 heteroatoms. The van der Waals surface area contributed by atoms with Crippen molar-refractivity contribution in [2.45, 2.75) is 12.8 Å². The van der Waals surface area contributed by atoms with Gasteiger partial charge in [-0.1, -0.05) is 48.5 Å². The summed E-state index contributed by atoms with van der Waals surface area (Å²) in [6.45, 7) is 0. The van der Waals surface area contributed by atoms with E-state index in [4.69, 9.17) is 14.2 Å². The van der Waals surface area contributed by atoms with Gasteiger partial charge in [-0.25, -0.2) is 0 Å². The summed E-state index contributed by atoms with van der Waals surface area (Å²) in [6, 6.07) is 20.6. The van der Waals surface area contributed by atoms with E-state index < -0.39 is 0 Å². The Bertz CT molecular complexity index is 1010. The number of aromatic hydroxyl groups is 1. The summed E-state index contributed by atoms with van der Waals surface area (Å²) in [5, 5.41) is 10.4. The zero-order chi connectivity index (χ0) is 21.3. The summed E-state index contributed by atoms with van der Waals surface area (Å²) < 4.78 is 16.6. The van der Waals surface area contributed by atoms with E-state index in [0.29, 0.717) is 29.9 Å². The average molecular weight is 404 g/mol. The molecule has 0 bridgehead atoms. The minimum atomic E-state index is -0.168. The van der Waals surface area contributed by atoms with Crippen molar-refractivity contribution in [3.8, 4) is 28.7 Å². The molecule has 0 aliphatic heterocycles. The zero-order valence-corrected chi connectivity index (χ0v) is 17.0. The number of ketones is 1. The fourth-order valence-electron chi connectivity index (χ4n) is 2.98. The van der Waals surface area contributed by atoms with Crippen LogP contribution in [0.1, 0.15) is 17.5 Å². The molecule has 0 radical (unpaired) electrons. The molecule has 3 aromatic carbocycles. The molecule has 5 nitrogen and oxygen atoms in total. The first-order valence-corrected chi connectivity index (χ1v) is 9.58. The molecule has 0 aliphatic carbocycles. The van der Waals surface area contributed by atoms with Gasteiger partial charge in [-0.2, -0.15) is 0 Å². The lowest BCUT2D eigenvalue weighted by molar-refractivity contribution is -0.114. The molecule has 0 heterocycles. The van der Waals surface area contributed by atoms with Crippen molar-refractivity contribution in [3.05, 3.63) is 83.9 Å². The predicted octanol–water partition coefficient (Wildman–Crippen LogP) is 5.42. The number of phenols is 1. The van der Waals surface area contributed by atoms with E-state index in [0.717, 1.165) is 5.56 Å². The van der Waals surface area contributed by atoms with E-state index in [9.17, 15) is 9.90 Å². The molecule has 0 saturated heterocycles. The van der Waals surface area contributed by atoms with Crippen molar-refractivity contribution in [3.63, 3.8) is 0 Å². The molecule has 0 aromatic heterocycles. The molecule has 0 atom stereocenters. The van der Waals surface area contributed by atoms with Gasteiger partial charge >= 0.3 is 0 Å². The second kappa shape index (κ2) is 10.2. The number of methoxy groups -OCH3 is 2. The number of rotatable bonds is 9. The number of ether oxygens (including phenoxy) is 3. The molecular formula is C25H24O5. The fourth-order valence-corrected chi connectivity index (χ4v) is 2.98. The normalized spacial score (nSPS) is 10.7. The van der Waals surface area contributed by atoms with Gasteiger partial charge in [-0.05, 0) is 42.3 Å². The Balaban J connectivity index is 1.87. The Kier molecular flexibility index (Phi) is 7.11. The molecule has 0 amide bonds. The fraction of sp³-hybridized carbons (Fsp3) is 0.160. The summed E-state index contributed by atoms with van der Waals surface area (Å²) in [5.74, 6) is 1.05. The van der Waals surface area contributed by atoms with Crippen molar-refractivity contribution >= 4 is 11.9 Å². The van der Waals surface area contributed by atoms with Gasteiger partial charge in [0.2, 0.25) is 11.5 Å². The van der Waals surface area contributed by atoms with Gasteiger partial charge in [-0.15, -0.1) is 0 Å². The lowest BCUT2D eigenvalue weighted by atomic mass is 10.1. The van der Waals surface area contributed by atoms with Crippen LogP contribution in [0.2, 0.25) is 0 Å². The second-order valence-corrected chi connectivity index (χ2v) is 6.58. The predicted molar refractivity (Wildman–Crippen MR) is 117 cm³/mol. The molecule has 154 valence electrons. The maximum absolute atomic E-state index is 12.4. The van der Waals surface area contributed by atoms with Gasteiger partial charge in [0.25, 0.3) is 0 Å². The number of allylic oxidation sites excluding steroid dienone is 1. The van der Waals surface area contributed by atoms with Crippen molar-refractivity contribution in [1.29, 1.82) is 0 Å². The van der Waals surface area contributed by atoms with Crippen LogP contribution in [0.25, 0.3) is 6.08 Å². The highest BCUT2D eigenvalue weighted by Gasteiger charge is 2.20. The van der Waals surface area contributed by atoms with Gasteiger partial charge in [0.1, 0.15) is 5.75 Å². The highest BCUT2D eigenvalue weighted by molar-refractivity contribution is 5.94. The van der Waals surface area contributed by atoms with Crippen molar-refractivity contribution in [1.82, 2.24) is 0 Å². The van der Waals surface area contributed by atoms with Crippen LogP contribution in [-0.2, 0) is 11.2 Å². The molecule has 0 unspecified atom stereocenters. The van der Waals surface area contributed by atoms with Gasteiger partial charge in [0.15, 0.2) is 17.3 Å². The number of benzene rings is 3. The van der Waals surface area contributed by atoms with Crippen molar-refractivity contribution < 1.29 is 24.1 Å². The van der Waals surface area contributed by atoms with Crippen LogP contribution < -0.4 is 14.2 Å². The molecule has 3 rings (SSSR count). The molecule has 30 heavy (non-hydrogen) atoms. The topological polar surface area (TPSA) is 65.0 Å². The molecule has 1 N–H and O–H groups in total. The minimum Gasteiger partial charge on any atom is -0.502 e. The maximum atomic E-state index is 12.4. The Morgan fingerprint density at radius 3 is 2.23 bits per heavy atom. The van der Waals surface area contributed by atoms with E-state index in [2.05, 4.69) is 0 Å². The van der Waals surface area contributed by atoms with Crippen LogP contribution in [0.4, 0.5) is 0 Å². The van der Waals surface area contributed by atoms with Crippen LogP contribution in [0, 0.1) is 0 Å². The molecular weight excluding hydrogens is 380 g/mol. The quantitative estimate of drug-likeness (QED) is 0.483. The SMILES string of the molecule is COc1cc(C=CC(=O)CCc2ccccc2)c(Oc2ccccc2)c(OC)c1O. The third-order valence-electron chi connectivity index (χ3n) is 4.54. The molecule has 3 aromatic rings. The number of phenolic OH excluding ortho intramolecular Hbond substituents is 1. The van der Waals surface area contributed by atoms with E-state index in [1.807, 2.05) is 48.5 Å². The average Bonchev–Trinajstić information content (AvgIpc) is 2.79. The largest absolute Gasteiger partial charge is 0.502 e. The highest BCUT2D eigenvalue weighted by Crippen LogP contribution is 2.47. The van der Waals surface area contributed by atoms with E-state index >= 15 is 0 Å². The van der Waals surface area contributed by atoms with Crippen LogP contribution in [0.15, 0.2) is 72.8 Å². The Hall–Kier alpha value is -3.73. The summed E-state index contributed by atoms with van der Waals surface area (Å²) in [7, 11) is 2.88.